The molecule has 7 heteroatoms. The van der Waals surface area contributed by atoms with E-state index in [1.54, 1.807) is 6.07 Å². The molecule has 0 fully saturated rings. The Balaban J connectivity index is 2.40. The van der Waals surface area contributed by atoms with E-state index in [4.69, 9.17) is 4.74 Å². The fourth-order valence-electron chi connectivity index (χ4n) is 1.28. The van der Waals surface area contributed by atoms with Gasteiger partial charge in [0.1, 0.15) is 0 Å². The number of hydrogen-bond acceptors (Lipinski definition) is 5. The third-order valence-electron chi connectivity index (χ3n) is 1.96. The van der Waals surface area contributed by atoms with Crippen LogP contribution in [0.2, 0.25) is 0 Å². The van der Waals surface area contributed by atoms with Gasteiger partial charge in [-0.15, -0.1) is 5.10 Å². The molecule has 0 saturated heterocycles. The van der Waals surface area contributed by atoms with Crippen molar-refractivity contribution in [3.63, 3.8) is 0 Å². The Morgan fingerprint density at radius 1 is 1.44 bits per heavy atom. The summed E-state index contributed by atoms with van der Waals surface area (Å²) < 4.78 is 5.64. The number of hydrogen-bond donors (Lipinski definition) is 1. The Kier molecular flexibility index (Phi) is 3.25. The highest BCUT2D eigenvalue weighted by atomic mass is 79.9. The van der Waals surface area contributed by atoms with Crippen molar-refractivity contribution in [1.29, 1.82) is 0 Å². The normalized spacial score (nSPS) is 12.1. The molecule has 1 unspecified atom stereocenters. The number of aromatic amines is 1. The summed E-state index contributed by atoms with van der Waals surface area (Å²) in [6, 6.07) is 7.31. The highest BCUT2D eigenvalue weighted by Crippen LogP contribution is 2.28. The predicted molar refractivity (Wildman–Crippen MR) is 56.9 cm³/mol. The summed E-state index contributed by atoms with van der Waals surface area (Å²) in [4.78, 5) is 10.4. The zero-order valence-electron chi connectivity index (χ0n) is 7.92. The van der Waals surface area contributed by atoms with Gasteiger partial charge in [0.05, 0.1) is 0 Å². The van der Waals surface area contributed by atoms with E-state index in [1.807, 2.05) is 18.2 Å². The topological polar surface area (TPSA) is 80.8 Å². The quantitative estimate of drug-likeness (QED) is 0.909. The first-order valence-electron chi connectivity index (χ1n) is 4.33. The number of rotatable bonds is 4. The van der Waals surface area contributed by atoms with Gasteiger partial charge in [0, 0.05) is 10.0 Å². The van der Waals surface area contributed by atoms with Crippen molar-refractivity contribution in [2.24, 2.45) is 0 Å². The van der Waals surface area contributed by atoms with Crippen LogP contribution >= 0.6 is 15.9 Å². The van der Waals surface area contributed by atoms with Gasteiger partial charge in [-0.25, -0.2) is 9.89 Å². The Bertz CT molecular complexity index is 474. The van der Waals surface area contributed by atoms with E-state index >= 15 is 0 Å². The van der Waals surface area contributed by atoms with Gasteiger partial charge in [0.15, 0.2) is 11.9 Å². The molecule has 2 aromatic rings. The molecule has 6 nitrogen and oxygen atoms in total. The van der Waals surface area contributed by atoms with E-state index < -0.39 is 6.10 Å². The summed E-state index contributed by atoms with van der Waals surface area (Å²) in [5, 5.41) is 13.1. The maximum absolute atomic E-state index is 10.4. The third-order valence-corrected chi connectivity index (χ3v) is 2.69. The highest BCUT2D eigenvalue weighted by molar-refractivity contribution is 9.10. The zero-order valence-corrected chi connectivity index (χ0v) is 9.51. The minimum Gasteiger partial charge on any atom is -0.441 e. The average Bonchev–Trinajstić information content (AvgIpc) is 2.80. The largest absolute Gasteiger partial charge is 0.441 e. The number of tetrazole rings is 1. The second-order valence-electron chi connectivity index (χ2n) is 2.89. The molecule has 1 heterocycles. The molecule has 1 N–H and O–H groups in total. The van der Waals surface area contributed by atoms with Crippen molar-refractivity contribution in [1.82, 2.24) is 20.6 Å². The van der Waals surface area contributed by atoms with Crippen LogP contribution in [0.4, 0.5) is 0 Å². The molecule has 2 rings (SSSR count). The SMILES string of the molecule is O=[C]OC(c1nnn[nH]1)c1ccccc1Br. The number of carbonyl (C=O) groups excluding carboxylic acids is 1. The molecule has 0 aliphatic carbocycles. The molecule has 1 aromatic heterocycles. The molecule has 1 aromatic carbocycles. The number of nitrogens with zero attached hydrogens (tertiary/aromatic N) is 3. The lowest BCUT2D eigenvalue weighted by Crippen LogP contribution is -2.08. The van der Waals surface area contributed by atoms with Crippen molar-refractivity contribution in [2.75, 3.05) is 0 Å². The van der Waals surface area contributed by atoms with Gasteiger partial charge >= 0.3 is 6.47 Å². The van der Waals surface area contributed by atoms with E-state index in [0.717, 1.165) is 10.0 Å². The minimum atomic E-state index is -0.692. The van der Waals surface area contributed by atoms with Crippen LogP contribution in [0, 0.1) is 0 Å². The summed E-state index contributed by atoms with van der Waals surface area (Å²) in [6.07, 6.45) is -0.692. The van der Waals surface area contributed by atoms with Crippen LogP contribution in [0.1, 0.15) is 17.5 Å². The lowest BCUT2D eigenvalue weighted by atomic mass is 10.1. The van der Waals surface area contributed by atoms with Crippen LogP contribution in [-0.4, -0.2) is 27.1 Å². The Hall–Kier alpha value is -1.76. The molecule has 0 saturated carbocycles. The number of halogens is 1. The molecule has 0 bridgehead atoms. The molecule has 81 valence electrons. The summed E-state index contributed by atoms with van der Waals surface area (Å²) in [5.41, 5.74) is 0.740. The Labute approximate surface area is 99.1 Å². The molecule has 16 heavy (non-hydrogen) atoms. The van der Waals surface area contributed by atoms with Crippen LogP contribution in [0.25, 0.3) is 0 Å². The predicted octanol–water partition coefficient (Wildman–Crippen LogP) is 1.14. The van der Waals surface area contributed by atoms with Crippen LogP contribution in [0.5, 0.6) is 0 Å². The van der Waals surface area contributed by atoms with Gasteiger partial charge in [-0.3, -0.25) is 0 Å². The molecular formula is C9H6BrN4O2. The van der Waals surface area contributed by atoms with Gasteiger partial charge in [-0.1, -0.05) is 34.1 Å². The van der Waals surface area contributed by atoms with Gasteiger partial charge in [0.2, 0.25) is 0 Å². The molecule has 0 aliphatic rings. The first-order valence-corrected chi connectivity index (χ1v) is 5.13. The van der Waals surface area contributed by atoms with Crippen molar-refractivity contribution < 1.29 is 9.53 Å². The van der Waals surface area contributed by atoms with Gasteiger partial charge < -0.3 is 4.74 Å². The zero-order chi connectivity index (χ0) is 11.4. The first-order chi connectivity index (χ1) is 7.83. The molecular weight excluding hydrogens is 276 g/mol. The maximum atomic E-state index is 10.4. The molecule has 1 radical (unpaired) electrons. The highest BCUT2D eigenvalue weighted by Gasteiger charge is 2.21. The van der Waals surface area contributed by atoms with Crippen molar-refractivity contribution in [3.8, 4) is 0 Å². The second-order valence-corrected chi connectivity index (χ2v) is 3.74. The summed E-state index contributed by atoms with van der Waals surface area (Å²) in [6.45, 7) is 1.40. The fourth-order valence-corrected chi connectivity index (χ4v) is 1.77. The lowest BCUT2D eigenvalue weighted by molar-refractivity contribution is 0.206. The van der Waals surface area contributed by atoms with E-state index in [1.165, 1.54) is 6.47 Å². The summed E-state index contributed by atoms with van der Waals surface area (Å²) >= 11 is 3.36. The first kappa shape index (κ1) is 10.7. The van der Waals surface area contributed by atoms with Gasteiger partial charge in [0.25, 0.3) is 0 Å². The molecule has 0 spiro atoms. The Morgan fingerprint density at radius 2 is 2.25 bits per heavy atom. The minimum absolute atomic E-state index is 0.343. The number of H-pyrrole nitrogens is 1. The summed E-state index contributed by atoms with van der Waals surface area (Å²) in [7, 11) is 0. The van der Waals surface area contributed by atoms with Gasteiger partial charge in [-0.05, 0) is 16.5 Å². The Morgan fingerprint density at radius 3 is 2.88 bits per heavy atom. The van der Waals surface area contributed by atoms with E-state index in [0.29, 0.717) is 5.82 Å². The smallest absolute Gasteiger partial charge is 0.418 e. The number of nitrogens with one attached hydrogen (secondary N) is 1. The van der Waals surface area contributed by atoms with Crippen LogP contribution in [-0.2, 0) is 9.53 Å². The van der Waals surface area contributed by atoms with E-state index in [-0.39, 0.29) is 0 Å². The van der Waals surface area contributed by atoms with Crippen LogP contribution in [0.15, 0.2) is 28.7 Å². The summed E-state index contributed by atoms with van der Waals surface area (Å²) in [5.74, 6) is 0.343. The van der Waals surface area contributed by atoms with E-state index in [9.17, 15) is 4.79 Å². The molecule has 1 atom stereocenters. The second kappa shape index (κ2) is 4.84. The van der Waals surface area contributed by atoms with Crippen LogP contribution in [0.3, 0.4) is 0 Å². The van der Waals surface area contributed by atoms with Crippen LogP contribution < -0.4 is 0 Å². The molecule has 0 amide bonds. The number of ether oxygens (including phenoxy) is 1. The number of benzene rings is 1. The monoisotopic (exact) mass is 281 g/mol. The number of aromatic nitrogens is 4. The third kappa shape index (κ3) is 2.08. The lowest BCUT2D eigenvalue weighted by Gasteiger charge is -2.12. The standard InChI is InChI=1S/C9H6BrN4O2/c10-7-4-2-1-3-6(7)8(16-5-15)9-11-13-14-12-9/h1-4,8H,(H,11,12,13,14). The van der Waals surface area contributed by atoms with Crippen molar-refractivity contribution in [2.45, 2.75) is 6.10 Å². The van der Waals surface area contributed by atoms with Crippen molar-refractivity contribution >= 4 is 22.4 Å². The van der Waals surface area contributed by atoms with E-state index in [2.05, 4.69) is 36.6 Å². The van der Waals surface area contributed by atoms with Crippen molar-refractivity contribution in [3.05, 3.63) is 40.1 Å². The fraction of sp³-hybridized carbons (Fsp3) is 0.111. The molecule has 0 aliphatic heterocycles. The average molecular weight is 282 g/mol. The van der Waals surface area contributed by atoms with Gasteiger partial charge in [-0.2, -0.15) is 0 Å². The maximum Gasteiger partial charge on any atom is 0.418 e.